The number of aromatic hydroxyl groups is 1. The molecule has 1 aromatic rings. The Kier molecular flexibility index (Phi) is 3.28. The third-order valence-corrected chi connectivity index (χ3v) is 4.59. The molecule has 3 nitrogen and oxygen atoms in total. The van der Waals surface area contributed by atoms with E-state index in [4.69, 9.17) is 11.6 Å². The van der Waals surface area contributed by atoms with Gasteiger partial charge in [-0.1, -0.05) is 30.5 Å². The normalized spacial score (nSPS) is 17.9. The summed E-state index contributed by atoms with van der Waals surface area (Å²) in [6, 6.07) is 1.77. The Morgan fingerprint density at radius 2 is 1.89 bits per heavy atom. The van der Waals surface area contributed by atoms with Crippen molar-refractivity contribution < 1.29 is 15.0 Å². The molecular formula is C14H17ClO3. The molecule has 98 valence electrons. The average Bonchev–Trinajstić information content (AvgIpc) is 2.81. The van der Waals surface area contributed by atoms with Crippen molar-refractivity contribution in [2.24, 2.45) is 0 Å². The van der Waals surface area contributed by atoms with E-state index in [1.165, 1.54) is 0 Å². The van der Waals surface area contributed by atoms with Crippen LogP contribution in [0.25, 0.3) is 0 Å². The summed E-state index contributed by atoms with van der Waals surface area (Å²) in [6.07, 6.45) is 2.87. The molecule has 2 N–H and O–H groups in total. The van der Waals surface area contributed by atoms with Crippen LogP contribution >= 0.6 is 11.6 Å². The summed E-state index contributed by atoms with van der Waals surface area (Å²) in [7, 11) is 0. The number of benzene rings is 1. The molecule has 1 aliphatic rings. The van der Waals surface area contributed by atoms with Gasteiger partial charge in [-0.2, -0.15) is 0 Å². The summed E-state index contributed by atoms with van der Waals surface area (Å²) in [5.41, 5.74) is 1.23. The molecule has 1 aromatic carbocycles. The second kappa shape index (κ2) is 4.47. The van der Waals surface area contributed by atoms with Crippen LogP contribution in [0.1, 0.15) is 42.4 Å². The third-order valence-electron chi connectivity index (χ3n) is 4.13. The first kappa shape index (κ1) is 13.2. The molecule has 1 saturated carbocycles. The molecule has 2 rings (SSSR count). The third kappa shape index (κ3) is 1.77. The maximum absolute atomic E-state index is 11.6. The Morgan fingerprint density at radius 3 is 2.39 bits per heavy atom. The number of rotatable bonds is 2. The summed E-state index contributed by atoms with van der Waals surface area (Å²) < 4.78 is 0. The number of hydrogen-bond donors (Lipinski definition) is 2. The van der Waals surface area contributed by atoms with Crippen LogP contribution in [0.5, 0.6) is 5.75 Å². The van der Waals surface area contributed by atoms with Gasteiger partial charge < -0.3 is 10.2 Å². The van der Waals surface area contributed by atoms with Gasteiger partial charge in [0, 0.05) is 5.56 Å². The molecule has 1 fully saturated rings. The number of hydrogen-bond acceptors (Lipinski definition) is 2. The molecular weight excluding hydrogens is 252 g/mol. The molecule has 0 radical (unpaired) electrons. The summed E-state index contributed by atoms with van der Waals surface area (Å²) in [5, 5.41) is 20.0. The van der Waals surface area contributed by atoms with Crippen molar-refractivity contribution in [2.45, 2.75) is 44.9 Å². The van der Waals surface area contributed by atoms with Crippen LogP contribution in [0.3, 0.4) is 0 Å². The Balaban J connectivity index is 2.67. The van der Waals surface area contributed by atoms with Crippen LogP contribution in [0.4, 0.5) is 0 Å². The lowest BCUT2D eigenvalue weighted by Gasteiger charge is -2.26. The number of carboxylic acid groups (broad SMARTS) is 1. The maximum Gasteiger partial charge on any atom is 0.314 e. The van der Waals surface area contributed by atoms with Crippen molar-refractivity contribution in [1.29, 1.82) is 0 Å². The van der Waals surface area contributed by atoms with Crippen molar-refractivity contribution >= 4 is 17.6 Å². The standard InChI is InChI=1S/C14H17ClO3/c1-8-7-10(12(16)11(15)9(8)2)14(13(17)18)5-3-4-6-14/h7,16H,3-6H2,1-2H3,(H,17,18). The molecule has 0 bridgehead atoms. The largest absolute Gasteiger partial charge is 0.506 e. The highest BCUT2D eigenvalue weighted by molar-refractivity contribution is 6.33. The fourth-order valence-corrected chi connectivity index (χ4v) is 3.05. The van der Waals surface area contributed by atoms with Gasteiger partial charge in [0.15, 0.2) is 0 Å². The van der Waals surface area contributed by atoms with Crippen LogP contribution in [0, 0.1) is 13.8 Å². The molecule has 0 aliphatic heterocycles. The lowest BCUT2D eigenvalue weighted by atomic mass is 9.77. The van der Waals surface area contributed by atoms with E-state index in [-0.39, 0.29) is 10.8 Å². The number of aliphatic carboxylic acids is 1. The lowest BCUT2D eigenvalue weighted by Crippen LogP contribution is -2.32. The van der Waals surface area contributed by atoms with E-state index < -0.39 is 11.4 Å². The van der Waals surface area contributed by atoms with Crippen molar-refractivity contribution in [2.75, 3.05) is 0 Å². The van der Waals surface area contributed by atoms with Gasteiger partial charge in [-0.05, 0) is 37.8 Å². The van der Waals surface area contributed by atoms with E-state index in [1.807, 2.05) is 13.8 Å². The van der Waals surface area contributed by atoms with Gasteiger partial charge in [0.05, 0.1) is 10.4 Å². The van der Waals surface area contributed by atoms with E-state index >= 15 is 0 Å². The quantitative estimate of drug-likeness (QED) is 0.862. The molecule has 0 atom stereocenters. The topological polar surface area (TPSA) is 57.5 Å². The summed E-state index contributed by atoms with van der Waals surface area (Å²) in [6.45, 7) is 3.71. The van der Waals surface area contributed by atoms with E-state index in [1.54, 1.807) is 6.07 Å². The van der Waals surface area contributed by atoms with E-state index in [0.29, 0.717) is 18.4 Å². The van der Waals surface area contributed by atoms with Crippen molar-refractivity contribution in [1.82, 2.24) is 0 Å². The molecule has 1 aliphatic carbocycles. The highest BCUT2D eigenvalue weighted by Gasteiger charge is 2.45. The van der Waals surface area contributed by atoms with E-state index in [2.05, 4.69) is 0 Å². The first-order valence-corrected chi connectivity index (χ1v) is 6.50. The molecule has 0 spiro atoms. The maximum atomic E-state index is 11.6. The number of aryl methyl sites for hydroxylation is 1. The first-order valence-electron chi connectivity index (χ1n) is 6.12. The first-order chi connectivity index (χ1) is 8.40. The summed E-state index contributed by atoms with van der Waals surface area (Å²) in [4.78, 5) is 11.6. The van der Waals surface area contributed by atoms with E-state index in [0.717, 1.165) is 24.0 Å². The molecule has 0 amide bonds. The molecule has 0 heterocycles. The number of phenolic OH excluding ortho intramolecular Hbond substituents is 1. The van der Waals surface area contributed by atoms with Crippen LogP contribution in [0.15, 0.2) is 6.07 Å². The minimum Gasteiger partial charge on any atom is -0.506 e. The van der Waals surface area contributed by atoms with Crippen LogP contribution in [-0.2, 0) is 10.2 Å². The Labute approximate surface area is 111 Å². The van der Waals surface area contributed by atoms with Gasteiger partial charge in [0.25, 0.3) is 0 Å². The van der Waals surface area contributed by atoms with Crippen LogP contribution in [0.2, 0.25) is 5.02 Å². The Hall–Kier alpha value is -1.22. The molecule has 0 unspecified atom stereocenters. The SMILES string of the molecule is Cc1cc(C2(C(=O)O)CCCC2)c(O)c(Cl)c1C. The minimum absolute atomic E-state index is 0.0657. The lowest BCUT2D eigenvalue weighted by molar-refractivity contribution is -0.143. The van der Waals surface area contributed by atoms with Gasteiger partial charge in [-0.25, -0.2) is 0 Å². The summed E-state index contributed by atoms with van der Waals surface area (Å²) in [5.74, 6) is -0.932. The minimum atomic E-state index is -0.966. The average molecular weight is 269 g/mol. The fourth-order valence-electron chi connectivity index (χ4n) is 2.80. The van der Waals surface area contributed by atoms with Gasteiger partial charge >= 0.3 is 5.97 Å². The number of halogens is 1. The smallest absolute Gasteiger partial charge is 0.314 e. The predicted molar refractivity (Wildman–Crippen MR) is 70.4 cm³/mol. The van der Waals surface area contributed by atoms with Crippen molar-refractivity contribution in [3.05, 3.63) is 27.8 Å². The zero-order chi connectivity index (χ0) is 13.5. The zero-order valence-corrected chi connectivity index (χ0v) is 11.3. The second-order valence-electron chi connectivity index (χ2n) is 5.12. The number of carboxylic acids is 1. The van der Waals surface area contributed by atoms with Gasteiger partial charge in [-0.15, -0.1) is 0 Å². The highest BCUT2D eigenvalue weighted by Crippen LogP contribution is 2.47. The number of carbonyl (C=O) groups is 1. The zero-order valence-electron chi connectivity index (χ0n) is 10.6. The van der Waals surface area contributed by atoms with Crippen molar-refractivity contribution in [3.8, 4) is 5.75 Å². The molecule has 0 aromatic heterocycles. The van der Waals surface area contributed by atoms with Gasteiger partial charge in [0.1, 0.15) is 5.75 Å². The molecule has 18 heavy (non-hydrogen) atoms. The highest BCUT2D eigenvalue weighted by atomic mass is 35.5. The van der Waals surface area contributed by atoms with Gasteiger partial charge in [0.2, 0.25) is 0 Å². The summed E-state index contributed by atoms with van der Waals surface area (Å²) >= 11 is 6.09. The Morgan fingerprint density at radius 1 is 1.33 bits per heavy atom. The fraction of sp³-hybridized carbons (Fsp3) is 0.500. The predicted octanol–water partition coefficient (Wildman–Crippen LogP) is 3.56. The van der Waals surface area contributed by atoms with E-state index in [9.17, 15) is 15.0 Å². The second-order valence-corrected chi connectivity index (χ2v) is 5.50. The van der Waals surface area contributed by atoms with Crippen LogP contribution in [-0.4, -0.2) is 16.2 Å². The monoisotopic (exact) mass is 268 g/mol. The van der Waals surface area contributed by atoms with Gasteiger partial charge in [-0.3, -0.25) is 4.79 Å². The molecule has 4 heteroatoms. The number of phenols is 1. The molecule has 0 saturated heterocycles. The van der Waals surface area contributed by atoms with Crippen LogP contribution < -0.4 is 0 Å². The van der Waals surface area contributed by atoms with Crippen molar-refractivity contribution in [3.63, 3.8) is 0 Å². The Bertz CT molecular complexity index is 502.